The van der Waals surface area contributed by atoms with E-state index in [0.717, 1.165) is 6.54 Å². The van der Waals surface area contributed by atoms with Crippen molar-refractivity contribution in [3.05, 3.63) is 12.2 Å². The predicted molar refractivity (Wildman–Crippen MR) is 32.8 cm³/mol. The molecule has 1 aliphatic rings. The largest absolute Gasteiger partial charge is 0.289 e. The van der Waals surface area contributed by atoms with Crippen LogP contribution in [0.2, 0.25) is 0 Å². The molecule has 6 heavy (non-hydrogen) atoms. The van der Waals surface area contributed by atoms with E-state index in [9.17, 15) is 0 Å². The maximum absolute atomic E-state index is 3.85. The van der Waals surface area contributed by atoms with E-state index in [1.165, 1.54) is 0 Å². The zero-order valence-corrected chi connectivity index (χ0v) is 5.01. The maximum atomic E-state index is 3.85. The van der Waals surface area contributed by atoms with E-state index in [-0.39, 0.29) is 17.0 Å². The fourth-order valence-corrected chi connectivity index (χ4v) is 0.304. The Kier molecular flexibility index (Phi) is 3.04. The van der Waals surface area contributed by atoms with Crippen LogP contribution in [-0.2, 0) is 0 Å². The van der Waals surface area contributed by atoms with Crippen LogP contribution in [0.4, 0.5) is 0 Å². The van der Waals surface area contributed by atoms with Gasteiger partial charge in [0, 0.05) is 6.21 Å². The van der Waals surface area contributed by atoms with Crippen LogP contribution < -0.4 is 0 Å². The molecule has 0 N–H and O–H groups in total. The molecule has 0 aromatic heterocycles. The summed E-state index contributed by atoms with van der Waals surface area (Å²) < 4.78 is 0. The van der Waals surface area contributed by atoms with Crippen LogP contribution >= 0.6 is 17.0 Å². The first-order valence-corrected chi connectivity index (χ1v) is 1.65. The second-order valence-electron chi connectivity index (χ2n) is 0.942. The van der Waals surface area contributed by atoms with Crippen molar-refractivity contribution in [3.63, 3.8) is 0 Å². The third-order valence-electron chi connectivity index (χ3n) is 0.538. The van der Waals surface area contributed by atoms with Gasteiger partial charge >= 0.3 is 0 Å². The highest BCUT2D eigenvalue weighted by Crippen LogP contribution is 1.78. The molecule has 0 fully saturated rings. The van der Waals surface area contributed by atoms with Gasteiger partial charge in [-0.1, -0.05) is 6.08 Å². The Morgan fingerprint density at radius 2 is 2.33 bits per heavy atom. The van der Waals surface area contributed by atoms with Gasteiger partial charge in [-0.3, -0.25) is 4.99 Å². The summed E-state index contributed by atoms with van der Waals surface area (Å²) in [5.41, 5.74) is 0. The zero-order valence-electron chi connectivity index (χ0n) is 3.29. The normalized spacial score (nSPS) is 14.7. The number of nitrogens with zero attached hydrogens (tertiary/aromatic N) is 1. The molecule has 0 atom stereocenters. The summed E-state index contributed by atoms with van der Waals surface area (Å²) in [6.45, 7) is 0.889. The molecule has 0 unspecified atom stereocenters. The Morgan fingerprint density at radius 1 is 1.50 bits per heavy atom. The highest BCUT2D eigenvalue weighted by Gasteiger charge is 1.72. The van der Waals surface area contributed by atoms with Gasteiger partial charge in [-0.05, 0) is 6.08 Å². The van der Waals surface area contributed by atoms with Crippen LogP contribution in [0.15, 0.2) is 17.1 Å². The summed E-state index contributed by atoms with van der Waals surface area (Å²) >= 11 is 0. The fraction of sp³-hybridized carbons (Fsp3) is 0.250. The second-order valence-corrected chi connectivity index (χ2v) is 0.942. The molecule has 0 saturated heterocycles. The Hall–Kier alpha value is -0.110. The second kappa shape index (κ2) is 3.09. The highest BCUT2D eigenvalue weighted by molar-refractivity contribution is 8.93. The summed E-state index contributed by atoms with van der Waals surface area (Å²) in [7, 11) is 0. The van der Waals surface area contributed by atoms with Crippen LogP contribution in [0.5, 0.6) is 0 Å². The van der Waals surface area contributed by atoms with Crippen molar-refractivity contribution < 1.29 is 0 Å². The van der Waals surface area contributed by atoms with Gasteiger partial charge in [0.05, 0.1) is 6.54 Å². The van der Waals surface area contributed by atoms with E-state index < -0.39 is 0 Å². The molecule has 0 amide bonds. The molecule has 0 aromatic rings. The summed E-state index contributed by atoms with van der Waals surface area (Å²) in [6.07, 6.45) is 5.76. The van der Waals surface area contributed by atoms with Crippen LogP contribution in [-0.4, -0.2) is 12.8 Å². The Labute approximate surface area is 47.5 Å². The smallest absolute Gasteiger partial charge is 0.0573 e. The van der Waals surface area contributed by atoms with Crippen molar-refractivity contribution in [1.82, 2.24) is 0 Å². The predicted octanol–water partition coefficient (Wildman–Crippen LogP) is 1.20. The van der Waals surface area contributed by atoms with E-state index in [1.54, 1.807) is 6.21 Å². The van der Waals surface area contributed by atoms with E-state index in [0.29, 0.717) is 0 Å². The third kappa shape index (κ3) is 1.36. The zero-order chi connectivity index (χ0) is 3.54. The molecular weight excluding hydrogens is 142 g/mol. The standard InChI is InChI=1S/C4H5N.BrH/c1-2-4-5-3-1;/h1-3H,4H2;1H. The minimum Gasteiger partial charge on any atom is -0.289 e. The molecule has 1 heterocycles. The minimum atomic E-state index is 0. The number of halogens is 1. The van der Waals surface area contributed by atoms with Crippen molar-refractivity contribution in [2.75, 3.05) is 6.54 Å². The number of rotatable bonds is 0. The molecule has 0 bridgehead atoms. The molecule has 1 nitrogen and oxygen atoms in total. The van der Waals surface area contributed by atoms with Crippen molar-refractivity contribution in [1.29, 1.82) is 0 Å². The van der Waals surface area contributed by atoms with Crippen LogP contribution in [0, 0.1) is 0 Å². The van der Waals surface area contributed by atoms with E-state index in [4.69, 9.17) is 0 Å². The summed E-state index contributed by atoms with van der Waals surface area (Å²) in [5, 5.41) is 0. The summed E-state index contributed by atoms with van der Waals surface area (Å²) in [5.74, 6) is 0. The lowest BCUT2D eigenvalue weighted by Gasteiger charge is -1.60. The number of hydrogen-bond donors (Lipinski definition) is 0. The molecular formula is C4H6BrN. The topological polar surface area (TPSA) is 12.4 Å². The molecule has 1 aliphatic heterocycles. The number of hydrogen-bond acceptors (Lipinski definition) is 1. The molecule has 2 heteroatoms. The van der Waals surface area contributed by atoms with Gasteiger partial charge in [0.15, 0.2) is 0 Å². The van der Waals surface area contributed by atoms with Gasteiger partial charge in [-0.25, -0.2) is 0 Å². The maximum Gasteiger partial charge on any atom is 0.0573 e. The van der Waals surface area contributed by atoms with Crippen LogP contribution in [0.25, 0.3) is 0 Å². The van der Waals surface area contributed by atoms with Crippen LogP contribution in [0.1, 0.15) is 0 Å². The van der Waals surface area contributed by atoms with Crippen molar-refractivity contribution in [2.45, 2.75) is 0 Å². The summed E-state index contributed by atoms with van der Waals surface area (Å²) in [4.78, 5) is 3.85. The van der Waals surface area contributed by atoms with Crippen molar-refractivity contribution >= 4 is 23.2 Å². The lowest BCUT2D eigenvalue weighted by atomic mass is 10.6. The van der Waals surface area contributed by atoms with Crippen LogP contribution in [0.3, 0.4) is 0 Å². The molecule has 1 rings (SSSR count). The Bertz CT molecular complexity index is 65.6. The lowest BCUT2D eigenvalue weighted by molar-refractivity contribution is 1.29. The molecule has 0 spiro atoms. The first-order valence-electron chi connectivity index (χ1n) is 1.65. The van der Waals surface area contributed by atoms with Crippen molar-refractivity contribution in [2.24, 2.45) is 4.99 Å². The number of allylic oxidation sites excluding steroid dienone is 1. The lowest BCUT2D eigenvalue weighted by Crippen LogP contribution is -1.54. The van der Waals surface area contributed by atoms with Gasteiger partial charge in [-0.2, -0.15) is 0 Å². The SMILES string of the molecule is Br.C1=CCN=C1. The monoisotopic (exact) mass is 147 g/mol. The van der Waals surface area contributed by atoms with E-state index in [2.05, 4.69) is 4.99 Å². The Balaban J connectivity index is 0.000000250. The van der Waals surface area contributed by atoms with Gasteiger partial charge in [0.25, 0.3) is 0 Å². The fourth-order valence-electron chi connectivity index (χ4n) is 0.304. The Morgan fingerprint density at radius 3 is 2.50 bits per heavy atom. The third-order valence-corrected chi connectivity index (χ3v) is 0.538. The van der Waals surface area contributed by atoms with Gasteiger partial charge in [0.2, 0.25) is 0 Å². The summed E-state index contributed by atoms with van der Waals surface area (Å²) in [6, 6.07) is 0. The minimum absolute atomic E-state index is 0. The quantitative estimate of drug-likeness (QED) is 0.489. The van der Waals surface area contributed by atoms with E-state index >= 15 is 0 Å². The van der Waals surface area contributed by atoms with Gasteiger partial charge in [0.1, 0.15) is 0 Å². The first kappa shape index (κ1) is 5.89. The van der Waals surface area contributed by atoms with Crippen molar-refractivity contribution in [3.8, 4) is 0 Å². The molecule has 0 radical (unpaired) electrons. The van der Waals surface area contributed by atoms with E-state index in [1.807, 2.05) is 12.2 Å². The molecule has 0 saturated carbocycles. The van der Waals surface area contributed by atoms with Gasteiger partial charge < -0.3 is 0 Å². The van der Waals surface area contributed by atoms with Gasteiger partial charge in [-0.15, -0.1) is 17.0 Å². The molecule has 34 valence electrons. The number of aliphatic imine (C=N–C) groups is 1. The average Bonchev–Trinajstić information content (AvgIpc) is 1.76. The highest BCUT2D eigenvalue weighted by atomic mass is 79.9. The first-order chi connectivity index (χ1) is 2.50. The molecule has 0 aliphatic carbocycles. The average molecular weight is 148 g/mol. The molecule has 0 aromatic carbocycles.